The van der Waals surface area contributed by atoms with Gasteiger partial charge in [-0.25, -0.2) is 21.6 Å². The summed E-state index contributed by atoms with van der Waals surface area (Å²) in [7, 11) is -4.04. The van der Waals surface area contributed by atoms with Crippen LogP contribution in [0.25, 0.3) is 6.08 Å². The lowest BCUT2D eigenvalue weighted by molar-refractivity contribution is -0.0777. The number of aliphatic hydroxyl groups is 1. The molecule has 2 bridgehead atoms. The van der Waals surface area contributed by atoms with E-state index in [9.17, 15) is 31.5 Å². The number of aromatic nitrogens is 1. The minimum absolute atomic E-state index is 0.0639. The van der Waals surface area contributed by atoms with Crippen LogP contribution in [0.2, 0.25) is 5.02 Å². The van der Waals surface area contributed by atoms with E-state index in [1.54, 1.807) is 12.4 Å². The topological polar surface area (TPSA) is 106 Å². The molecular formula is C30H28ClF3N2O5S. The van der Waals surface area contributed by atoms with Gasteiger partial charge in [0.25, 0.3) is 5.91 Å². The highest BCUT2D eigenvalue weighted by atomic mass is 35.5. The zero-order valence-corrected chi connectivity index (χ0v) is 23.8. The Labute approximate surface area is 246 Å². The molecule has 2 aliphatic carbocycles. The van der Waals surface area contributed by atoms with E-state index in [-0.39, 0.29) is 59.1 Å². The van der Waals surface area contributed by atoms with Gasteiger partial charge in [-0.05, 0) is 73.4 Å². The fraction of sp³-hybridized carbons (Fsp3) is 0.333. The molecule has 2 fully saturated rings. The van der Waals surface area contributed by atoms with Gasteiger partial charge in [0.05, 0.1) is 34.0 Å². The number of nitrogens with zero attached hydrogens (tertiary/aromatic N) is 1. The van der Waals surface area contributed by atoms with Gasteiger partial charge in [0.1, 0.15) is 0 Å². The zero-order valence-electron chi connectivity index (χ0n) is 22.3. The van der Waals surface area contributed by atoms with Gasteiger partial charge in [-0.1, -0.05) is 23.8 Å². The minimum atomic E-state index is -4.04. The maximum atomic E-state index is 13.9. The Morgan fingerprint density at radius 1 is 1.07 bits per heavy atom. The van der Waals surface area contributed by atoms with Crippen molar-refractivity contribution in [1.29, 1.82) is 0 Å². The molecule has 2 aliphatic rings. The second-order valence-corrected chi connectivity index (χ2v) is 13.3. The molecule has 7 nitrogen and oxygen atoms in total. The van der Waals surface area contributed by atoms with Gasteiger partial charge in [0, 0.05) is 35.8 Å². The number of hydrogen-bond acceptors (Lipinski definition) is 6. The largest absolute Gasteiger partial charge is 0.387 e. The van der Waals surface area contributed by atoms with Crippen LogP contribution >= 0.6 is 11.6 Å². The molecule has 0 spiro atoms. The molecule has 0 radical (unpaired) electrons. The Kier molecular flexibility index (Phi) is 8.75. The van der Waals surface area contributed by atoms with Gasteiger partial charge in [0.2, 0.25) is 0 Å². The van der Waals surface area contributed by atoms with Crippen molar-refractivity contribution < 1.29 is 36.2 Å². The van der Waals surface area contributed by atoms with Gasteiger partial charge in [0.15, 0.2) is 27.3 Å². The van der Waals surface area contributed by atoms with Crippen molar-refractivity contribution in [3.05, 3.63) is 94.5 Å². The fourth-order valence-electron chi connectivity index (χ4n) is 6.08. The molecule has 2 aromatic carbocycles. The summed E-state index contributed by atoms with van der Waals surface area (Å²) in [6.45, 7) is 0.345. The summed E-state index contributed by atoms with van der Waals surface area (Å²) in [4.78, 5) is 16.5. The number of ether oxygens (including phenoxy) is 1. The SMILES string of the molecule is O=C(Nc1cc(F)c(F)c(F)c1)c1ccc(Cl)c(S(=O)(=O)C2C3CC[C@H]2C[C@](O)(COC/C=C/c2ccncc2)C3)c1. The molecule has 1 aromatic heterocycles. The lowest BCUT2D eigenvalue weighted by atomic mass is 9.77. The van der Waals surface area contributed by atoms with Crippen LogP contribution in [0.15, 0.2) is 65.8 Å². The normalized spacial score (nSPS) is 23.8. The van der Waals surface area contributed by atoms with E-state index in [4.69, 9.17) is 16.3 Å². The summed E-state index contributed by atoms with van der Waals surface area (Å²) >= 11 is 6.31. The number of nitrogens with one attached hydrogen (secondary N) is 1. The maximum Gasteiger partial charge on any atom is 0.255 e. The monoisotopic (exact) mass is 620 g/mol. The van der Waals surface area contributed by atoms with E-state index in [1.807, 2.05) is 24.3 Å². The Bertz CT molecular complexity index is 1580. The molecule has 3 aromatic rings. The lowest BCUT2D eigenvalue weighted by Gasteiger charge is -2.40. The van der Waals surface area contributed by atoms with Crippen LogP contribution in [-0.2, 0) is 14.6 Å². The van der Waals surface area contributed by atoms with Gasteiger partial charge >= 0.3 is 0 Å². The number of rotatable bonds is 9. The van der Waals surface area contributed by atoms with E-state index < -0.39 is 44.0 Å². The van der Waals surface area contributed by atoms with Gasteiger partial charge < -0.3 is 15.2 Å². The Morgan fingerprint density at radius 3 is 2.36 bits per heavy atom. The first kappa shape index (κ1) is 30.2. The summed E-state index contributed by atoms with van der Waals surface area (Å²) in [6.07, 6.45) is 8.77. The molecule has 4 atom stereocenters. The zero-order chi connectivity index (χ0) is 30.1. The number of benzene rings is 2. The van der Waals surface area contributed by atoms with Crippen LogP contribution in [0, 0.1) is 29.3 Å². The highest BCUT2D eigenvalue weighted by Gasteiger charge is 2.54. The van der Waals surface area contributed by atoms with E-state index >= 15 is 0 Å². The predicted molar refractivity (Wildman–Crippen MR) is 151 cm³/mol. The van der Waals surface area contributed by atoms with Gasteiger partial charge in [-0.2, -0.15) is 0 Å². The Morgan fingerprint density at radius 2 is 1.71 bits per heavy atom. The number of halogens is 4. The number of carbonyl (C=O) groups excluding carboxylic acids is 1. The Balaban J connectivity index is 1.27. The summed E-state index contributed by atoms with van der Waals surface area (Å²) in [6, 6.07) is 8.61. The maximum absolute atomic E-state index is 13.9. The average molecular weight is 621 g/mol. The number of anilines is 1. The van der Waals surface area contributed by atoms with Crippen LogP contribution in [0.4, 0.5) is 18.9 Å². The van der Waals surface area contributed by atoms with Gasteiger partial charge in [-0.3, -0.25) is 9.78 Å². The number of carbonyl (C=O) groups is 1. The average Bonchev–Trinajstić information content (AvgIpc) is 3.25. The first-order valence-electron chi connectivity index (χ1n) is 13.3. The predicted octanol–water partition coefficient (Wildman–Crippen LogP) is 5.83. The van der Waals surface area contributed by atoms with Crippen LogP contribution in [-0.4, -0.2) is 48.5 Å². The van der Waals surface area contributed by atoms with Crippen molar-refractivity contribution >= 4 is 39.1 Å². The second kappa shape index (κ2) is 12.2. The number of fused-ring (bicyclic) bond motifs is 2. The number of sulfone groups is 1. The third kappa shape index (κ3) is 6.39. The third-order valence-electron chi connectivity index (χ3n) is 7.82. The van der Waals surface area contributed by atoms with E-state index in [2.05, 4.69) is 10.3 Å². The van der Waals surface area contributed by atoms with Gasteiger partial charge in [-0.15, -0.1) is 0 Å². The first-order chi connectivity index (χ1) is 20.0. The summed E-state index contributed by atoms with van der Waals surface area (Å²) in [5, 5.41) is 12.6. The molecule has 5 rings (SSSR count). The molecule has 0 aliphatic heterocycles. The van der Waals surface area contributed by atoms with Crippen molar-refractivity contribution in [3.63, 3.8) is 0 Å². The van der Waals surface area contributed by atoms with Crippen molar-refractivity contribution in [2.75, 3.05) is 18.5 Å². The molecule has 2 saturated carbocycles. The molecule has 1 amide bonds. The molecule has 1 heterocycles. The molecular weight excluding hydrogens is 593 g/mol. The number of hydrogen-bond donors (Lipinski definition) is 2. The van der Waals surface area contributed by atoms with Crippen molar-refractivity contribution in [2.24, 2.45) is 11.8 Å². The summed E-state index contributed by atoms with van der Waals surface area (Å²) < 4.78 is 73.9. The third-order valence-corrected chi connectivity index (χ3v) is 10.7. The van der Waals surface area contributed by atoms with Crippen LogP contribution in [0.3, 0.4) is 0 Å². The highest BCUT2D eigenvalue weighted by Crippen LogP contribution is 2.51. The number of amides is 1. The molecule has 0 saturated heterocycles. The molecule has 2 N–H and O–H groups in total. The second-order valence-electron chi connectivity index (χ2n) is 10.8. The van der Waals surface area contributed by atoms with Crippen molar-refractivity contribution in [2.45, 2.75) is 41.4 Å². The first-order valence-corrected chi connectivity index (χ1v) is 15.3. The van der Waals surface area contributed by atoms with Crippen molar-refractivity contribution in [3.8, 4) is 0 Å². The lowest BCUT2D eigenvalue weighted by Crippen LogP contribution is -2.48. The number of pyridine rings is 1. The fourth-order valence-corrected chi connectivity index (χ4v) is 8.92. The van der Waals surface area contributed by atoms with E-state index in [0.717, 1.165) is 11.6 Å². The van der Waals surface area contributed by atoms with Crippen LogP contribution in [0.5, 0.6) is 0 Å². The van der Waals surface area contributed by atoms with Crippen molar-refractivity contribution in [1.82, 2.24) is 4.98 Å². The Hall–Kier alpha value is -3.25. The quantitative estimate of drug-likeness (QED) is 0.230. The standard InChI is InChI=1S/C30H28ClF3N2O5S/c31-23-6-5-19(29(37)36-22-13-24(32)27(34)25(33)14-22)12-26(23)42(39,40)28-20-3-4-21(28)16-30(38,15-20)17-41-11-1-2-18-7-9-35-10-8-18/h1-2,5-10,12-14,20-21,28,38H,3-4,11,15-17H2,(H,36,37)/b2-1+/t20-,21?,28?,30+/m0/s1. The molecule has 12 heteroatoms. The van der Waals surface area contributed by atoms with E-state index in [0.29, 0.717) is 25.0 Å². The minimum Gasteiger partial charge on any atom is -0.387 e. The molecule has 2 unspecified atom stereocenters. The molecule has 42 heavy (non-hydrogen) atoms. The van der Waals surface area contributed by atoms with Crippen LogP contribution < -0.4 is 5.32 Å². The highest BCUT2D eigenvalue weighted by molar-refractivity contribution is 7.92. The van der Waals surface area contributed by atoms with E-state index in [1.165, 1.54) is 12.1 Å². The smallest absolute Gasteiger partial charge is 0.255 e. The summed E-state index contributed by atoms with van der Waals surface area (Å²) in [5.41, 5.74) is -0.658. The van der Waals surface area contributed by atoms with Crippen LogP contribution in [0.1, 0.15) is 41.6 Å². The molecule has 222 valence electrons. The summed E-state index contributed by atoms with van der Waals surface area (Å²) in [5.74, 6) is -6.17.